The molecule has 1 aromatic rings. The van der Waals surface area contributed by atoms with Crippen molar-refractivity contribution in [2.45, 2.75) is 82.2 Å². The first-order chi connectivity index (χ1) is 17.1. The number of hydrogen-bond acceptors (Lipinski definition) is 6. The molecule has 0 saturated heterocycles. The van der Waals surface area contributed by atoms with Gasteiger partial charge in [0.25, 0.3) is 5.91 Å². The highest BCUT2D eigenvalue weighted by molar-refractivity contribution is 5.97. The number of nitrogens with one attached hydrogen (secondary N) is 1. The van der Waals surface area contributed by atoms with Crippen LogP contribution < -0.4 is 11.1 Å². The van der Waals surface area contributed by atoms with Crippen LogP contribution in [0.15, 0.2) is 35.9 Å². The van der Waals surface area contributed by atoms with Crippen LogP contribution in [0, 0.1) is 5.41 Å². The van der Waals surface area contributed by atoms with Gasteiger partial charge in [-0.05, 0) is 29.4 Å². The number of carbonyl (C=O) groups is 4. The number of benzene rings is 1. The molecular weight excluding hydrogens is 466 g/mol. The fraction of sp³-hybridized carbons (Fsp3) is 0.538. The van der Waals surface area contributed by atoms with E-state index < -0.39 is 53.4 Å². The highest BCUT2D eigenvalue weighted by Gasteiger charge is 2.41. The van der Waals surface area contributed by atoms with Gasteiger partial charge in [0.15, 0.2) is 0 Å². The van der Waals surface area contributed by atoms with E-state index in [9.17, 15) is 34.5 Å². The summed E-state index contributed by atoms with van der Waals surface area (Å²) in [6.45, 7) is 0.174. The fourth-order valence-corrected chi connectivity index (χ4v) is 5.87. The maximum atomic E-state index is 13.5. The number of fused-ring (bicyclic) bond motifs is 1. The van der Waals surface area contributed by atoms with Crippen molar-refractivity contribution in [3.8, 4) is 0 Å². The zero-order valence-corrected chi connectivity index (χ0v) is 20.1. The van der Waals surface area contributed by atoms with Gasteiger partial charge in [0, 0.05) is 31.4 Å². The Bertz CT molecular complexity index is 1080. The topological polar surface area (TPSA) is 170 Å². The standard InChI is InChI=1S/C26H33N3O7/c27-24(35)19-10-15-5-1-2-6-16(15)14-29(19)25(36)17-9-18(23(34)20(30)11-17)28-21(31)12-26(13-22(32)33)7-3-4-8-26/h1-2,5-6,9,18-20,23,30,34H,3-4,7-8,10-14H2,(H2,27,35)(H,28,31)(H,32,33). The van der Waals surface area contributed by atoms with Gasteiger partial charge < -0.3 is 31.3 Å². The third-order valence-corrected chi connectivity index (χ3v) is 7.74. The zero-order valence-electron chi connectivity index (χ0n) is 20.1. The van der Waals surface area contributed by atoms with E-state index >= 15 is 0 Å². The Morgan fingerprint density at radius 2 is 1.69 bits per heavy atom. The predicted octanol–water partition coefficient (Wildman–Crippen LogP) is 0.387. The molecule has 4 atom stereocenters. The van der Waals surface area contributed by atoms with Crippen molar-refractivity contribution in [1.82, 2.24) is 10.2 Å². The number of carbonyl (C=O) groups excluding carboxylic acids is 3. The van der Waals surface area contributed by atoms with Crippen molar-refractivity contribution in [3.05, 3.63) is 47.0 Å². The van der Waals surface area contributed by atoms with Gasteiger partial charge in [-0.15, -0.1) is 0 Å². The van der Waals surface area contributed by atoms with Crippen molar-refractivity contribution >= 4 is 23.7 Å². The van der Waals surface area contributed by atoms with Gasteiger partial charge in [-0.25, -0.2) is 0 Å². The fourth-order valence-electron chi connectivity index (χ4n) is 5.87. The van der Waals surface area contributed by atoms with Crippen LogP contribution in [-0.4, -0.2) is 68.2 Å². The first-order valence-corrected chi connectivity index (χ1v) is 12.3. The van der Waals surface area contributed by atoms with Crippen LogP contribution in [0.25, 0.3) is 0 Å². The number of rotatable bonds is 7. The molecule has 4 unspecified atom stereocenters. The van der Waals surface area contributed by atoms with E-state index in [-0.39, 0.29) is 37.8 Å². The van der Waals surface area contributed by atoms with Crippen molar-refractivity contribution < 1.29 is 34.5 Å². The molecule has 4 rings (SSSR count). The van der Waals surface area contributed by atoms with Crippen LogP contribution in [-0.2, 0) is 32.1 Å². The molecule has 1 aromatic carbocycles. The van der Waals surface area contributed by atoms with Gasteiger partial charge in [-0.1, -0.05) is 43.2 Å². The van der Waals surface area contributed by atoms with Crippen LogP contribution in [0.3, 0.4) is 0 Å². The number of carboxylic acids is 1. The zero-order chi connectivity index (χ0) is 26.0. The third kappa shape index (κ3) is 5.44. The Kier molecular flexibility index (Phi) is 7.46. The van der Waals surface area contributed by atoms with Crippen LogP contribution >= 0.6 is 0 Å². The quantitative estimate of drug-likeness (QED) is 0.361. The number of aliphatic carboxylic acids is 1. The molecule has 2 aliphatic carbocycles. The number of nitrogens with zero attached hydrogens (tertiary/aromatic N) is 1. The Morgan fingerprint density at radius 1 is 1.03 bits per heavy atom. The number of nitrogens with two attached hydrogens (primary N) is 1. The van der Waals surface area contributed by atoms with E-state index in [0.29, 0.717) is 12.8 Å². The highest BCUT2D eigenvalue weighted by Crippen LogP contribution is 2.44. The summed E-state index contributed by atoms with van der Waals surface area (Å²) in [7, 11) is 0. The summed E-state index contributed by atoms with van der Waals surface area (Å²) in [6, 6.07) is 5.57. The average molecular weight is 500 g/mol. The minimum atomic E-state index is -1.33. The minimum absolute atomic E-state index is 0.0115. The molecule has 1 heterocycles. The summed E-state index contributed by atoms with van der Waals surface area (Å²) in [5, 5.41) is 33.0. The molecule has 0 spiro atoms. The van der Waals surface area contributed by atoms with E-state index in [1.54, 1.807) is 0 Å². The summed E-state index contributed by atoms with van der Waals surface area (Å²) >= 11 is 0. The lowest BCUT2D eigenvalue weighted by Gasteiger charge is -2.38. The summed E-state index contributed by atoms with van der Waals surface area (Å²) in [5.74, 6) is -2.53. The second kappa shape index (κ2) is 10.4. The lowest BCUT2D eigenvalue weighted by molar-refractivity contribution is -0.140. The molecule has 6 N–H and O–H groups in total. The number of amides is 3. The van der Waals surface area contributed by atoms with Crippen molar-refractivity contribution in [3.63, 3.8) is 0 Å². The number of hydrogen-bond donors (Lipinski definition) is 5. The van der Waals surface area contributed by atoms with Gasteiger partial charge in [0.05, 0.1) is 18.6 Å². The minimum Gasteiger partial charge on any atom is -0.481 e. The summed E-state index contributed by atoms with van der Waals surface area (Å²) in [6.07, 6.45) is 1.77. The molecule has 194 valence electrons. The van der Waals surface area contributed by atoms with E-state index in [0.717, 1.165) is 24.0 Å². The van der Waals surface area contributed by atoms with Gasteiger partial charge in [0.1, 0.15) is 12.1 Å². The van der Waals surface area contributed by atoms with Gasteiger partial charge >= 0.3 is 5.97 Å². The molecule has 3 amide bonds. The SMILES string of the molecule is NC(=O)C1Cc2ccccc2CN1C(=O)C1=CC(NC(=O)CC2(CC(=O)O)CCCC2)C(O)C(O)C1. The Hall–Kier alpha value is -3.24. The predicted molar refractivity (Wildman–Crippen MR) is 128 cm³/mol. The smallest absolute Gasteiger partial charge is 0.303 e. The lowest BCUT2D eigenvalue weighted by Crippen LogP contribution is -2.54. The first-order valence-electron chi connectivity index (χ1n) is 12.3. The van der Waals surface area contributed by atoms with E-state index in [4.69, 9.17) is 5.73 Å². The summed E-state index contributed by atoms with van der Waals surface area (Å²) in [4.78, 5) is 51.3. The molecule has 1 fully saturated rings. The first kappa shape index (κ1) is 25.8. The maximum Gasteiger partial charge on any atom is 0.303 e. The Balaban J connectivity index is 1.52. The summed E-state index contributed by atoms with van der Waals surface area (Å²) < 4.78 is 0. The number of aliphatic hydroxyl groups is 2. The molecule has 36 heavy (non-hydrogen) atoms. The van der Waals surface area contributed by atoms with E-state index in [1.165, 1.54) is 11.0 Å². The van der Waals surface area contributed by atoms with Crippen molar-refractivity contribution in [2.75, 3.05) is 0 Å². The molecule has 10 nitrogen and oxygen atoms in total. The maximum absolute atomic E-state index is 13.5. The van der Waals surface area contributed by atoms with Crippen LogP contribution in [0.2, 0.25) is 0 Å². The normalized spacial score (nSPS) is 27.1. The van der Waals surface area contributed by atoms with Gasteiger partial charge in [0.2, 0.25) is 11.8 Å². The van der Waals surface area contributed by atoms with Crippen LogP contribution in [0.1, 0.15) is 56.1 Å². The molecule has 1 saturated carbocycles. The lowest BCUT2D eigenvalue weighted by atomic mass is 9.79. The summed E-state index contributed by atoms with van der Waals surface area (Å²) in [5.41, 5.74) is 6.98. The Morgan fingerprint density at radius 3 is 2.33 bits per heavy atom. The largest absolute Gasteiger partial charge is 0.481 e. The number of primary amides is 1. The molecule has 0 bridgehead atoms. The monoisotopic (exact) mass is 499 g/mol. The third-order valence-electron chi connectivity index (χ3n) is 7.74. The molecular formula is C26H33N3O7. The van der Waals surface area contributed by atoms with E-state index in [1.807, 2.05) is 24.3 Å². The molecule has 3 aliphatic rings. The molecule has 1 aliphatic heterocycles. The molecule has 0 radical (unpaired) electrons. The van der Waals surface area contributed by atoms with Crippen molar-refractivity contribution in [2.24, 2.45) is 11.1 Å². The highest BCUT2D eigenvalue weighted by atomic mass is 16.4. The molecule has 0 aromatic heterocycles. The average Bonchev–Trinajstić information content (AvgIpc) is 3.27. The Labute approximate surface area is 209 Å². The van der Waals surface area contributed by atoms with Crippen LogP contribution in [0.4, 0.5) is 0 Å². The van der Waals surface area contributed by atoms with Crippen molar-refractivity contribution in [1.29, 1.82) is 0 Å². The van der Waals surface area contributed by atoms with Gasteiger partial charge in [-0.2, -0.15) is 0 Å². The van der Waals surface area contributed by atoms with Gasteiger partial charge in [-0.3, -0.25) is 19.2 Å². The van der Waals surface area contributed by atoms with E-state index in [2.05, 4.69) is 5.32 Å². The molecule has 10 heteroatoms. The second-order valence-corrected chi connectivity index (χ2v) is 10.3. The number of carboxylic acid groups (broad SMARTS) is 1. The number of aliphatic hydroxyl groups excluding tert-OH is 2. The second-order valence-electron chi connectivity index (χ2n) is 10.3. The van der Waals surface area contributed by atoms with Crippen LogP contribution in [0.5, 0.6) is 0 Å².